The van der Waals surface area contributed by atoms with Crippen molar-refractivity contribution in [3.8, 4) is 0 Å². The van der Waals surface area contributed by atoms with E-state index < -0.39 is 10.0 Å². The van der Waals surface area contributed by atoms with Crippen molar-refractivity contribution in [1.29, 1.82) is 0 Å². The molecule has 0 radical (unpaired) electrons. The van der Waals surface area contributed by atoms with Crippen LogP contribution in [0.1, 0.15) is 0 Å². The number of thioether (sulfide) groups is 1. The van der Waals surface area contributed by atoms with Crippen LogP contribution in [0.3, 0.4) is 0 Å². The van der Waals surface area contributed by atoms with E-state index in [-0.39, 0.29) is 5.03 Å². The Hall–Kier alpha value is -2.42. The van der Waals surface area contributed by atoms with Crippen LogP contribution in [0.15, 0.2) is 77.0 Å². The fourth-order valence-corrected chi connectivity index (χ4v) is 4.64. The van der Waals surface area contributed by atoms with E-state index >= 15 is 0 Å². The largest absolute Gasteiger partial charge is 0.294 e. The first-order valence-corrected chi connectivity index (χ1v) is 10.5. The van der Waals surface area contributed by atoms with Crippen molar-refractivity contribution in [1.82, 2.24) is 19.1 Å². The molecule has 6 nitrogen and oxygen atoms in total. The van der Waals surface area contributed by atoms with Crippen molar-refractivity contribution in [2.45, 2.75) is 10.1 Å². The lowest BCUT2D eigenvalue weighted by atomic mass is 10.2. The highest BCUT2D eigenvalue weighted by Crippen LogP contribution is 2.19. The summed E-state index contributed by atoms with van der Waals surface area (Å²) in [6.07, 6.45) is 3.63. The standard InChI is InChI=1S/C18H16N4O2S2/c23-26(24,17-9-8-14-4-1-2-5-15(14)21-17)20-11-13-25-18-7-3-6-16-19-10-12-22(16)18/h1-10,12,20H,11,13H2. The van der Waals surface area contributed by atoms with Gasteiger partial charge in [-0.25, -0.2) is 23.1 Å². The zero-order chi connectivity index (χ0) is 18.0. The van der Waals surface area contributed by atoms with Crippen LogP contribution >= 0.6 is 11.8 Å². The summed E-state index contributed by atoms with van der Waals surface area (Å²) in [7, 11) is -3.63. The second-order valence-electron chi connectivity index (χ2n) is 5.61. The quantitative estimate of drug-likeness (QED) is 0.409. The van der Waals surface area contributed by atoms with E-state index in [0.717, 1.165) is 16.1 Å². The summed E-state index contributed by atoms with van der Waals surface area (Å²) in [5.74, 6) is 0.601. The van der Waals surface area contributed by atoms with Gasteiger partial charge in [-0.15, -0.1) is 11.8 Å². The van der Waals surface area contributed by atoms with Crippen molar-refractivity contribution in [3.63, 3.8) is 0 Å². The minimum absolute atomic E-state index is 0.0397. The average Bonchev–Trinajstić information content (AvgIpc) is 3.14. The number of rotatable bonds is 6. The summed E-state index contributed by atoms with van der Waals surface area (Å²) in [5, 5.41) is 1.97. The molecule has 3 aromatic heterocycles. The molecule has 0 fully saturated rings. The molecule has 26 heavy (non-hydrogen) atoms. The van der Waals surface area contributed by atoms with Crippen LogP contribution in [0, 0.1) is 0 Å². The first-order valence-electron chi connectivity index (χ1n) is 8.04. The van der Waals surface area contributed by atoms with Crippen LogP contribution in [0.4, 0.5) is 0 Å². The van der Waals surface area contributed by atoms with E-state index in [1.54, 1.807) is 30.1 Å². The number of benzene rings is 1. The number of imidazole rings is 1. The maximum atomic E-state index is 12.5. The summed E-state index contributed by atoms with van der Waals surface area (Å²) < 4.78 is 29.5. The van der Waals surface area contributed by atoms with Gasteiger partial charge in [-0.3, -0.25) is 4.40 Å². The van der Waals surface area contributed by atoms with Gasteiger partial charge >= 0.3 is 0 Å². The van der Waals surface area contributed by atoms with Gasteiger partial charge in [0, 0.05) is 30.1 Å². The van der Waals surface area contributed by atoms with Gasteiger partial charge in [0.25, 0.3) is 10.0 Å². The summed E-state index contributed by atoms with van der Waals surface area (Å²) in [6, 6.07) is 16.6. The summed E-state index contributed by atoms with van der Waals surface area (Å²) in [6.45, 7) is 0.312. The Morgan fingerprint density at radius 3 is 2.85 bits per heavy atom. The highest BCUT2D eigenvalue weighted by molar-refractivity contribution is 7.99. The number of pyridine rings is 2. The summed E-state index contributed by atoms with van der Waals surface area (Å²) in [4.78, 5) is 8.49. The molecule has 0 saturated carbocycles. The molecule has 0 spiro atoms. The zero-order valence-corrected chi connectivity index (χ0v) is 15.4. The van der Waals surface area contributed by atoms with E-state index in [9.17, 15) is 8.42 Å². The monoisotopic (exact) mass is 384 g/mol. The molecule has 3 heterocycles. The number of para-hydroxylation sites is 1. The molecule has 4 rings (SSSR count). The molecule has 0 saturated heterocycles. The fraction of sp³-hybridized carbons (Fsp3) is 0.111. The molecule has 4 aromatic rings. The van der Waals surface area contributed by atoms with Gasteiger partial charge in [-0.1, -0.05) is 24.3 Å². The summed E-state index contributed by atoms with van der Waals surface area (Å²) >= 11 is 1.57. The molecule has 132 valence electrons. The zero-order valence-electron chi connectivity index (χ0n) is 13.7. The predicted octanol–water partition coefficient (Wildman–Crippen LogP) is 2.95. The number of hydrogen-bond donors (Lipinski definition) is 1. The molecule has 0 aliphatic rings. The van der Waals surface area contributed by atoms with Gasteiger partial charge < -0.3 is 0 Å². The second kappa shape index (κ2) is 7.06. The third-order valence-corrected chi connectivity index (χ3v) is 6.28. The first-order chi connectivity index (χ1) is 12.6. The van der Waals surface area contributed by atoms with Crippen molar-refractivity contribution in [2.75, 3.05) is 12.3 Å². The van der Waals surface area contributed by atoms with Gasteiger partial charge in [0.1, 0.15) is 5.65 Å². The number of aromatic nitrogens is 3. The number of nitrogens with one attached hydrogen (secondary N) is 1. The van der Waals surface area contributed by atoms with Gasteiger partial charge in [0.05, 0.1) is 10.5 Å². The van der Waals surface area contributed by atoms with Crippen molar-refractivity contribution < 1.29 is 8.42 Å². The molecular weight excluding hydrogens is 368 g/mol. The van der Waals surface area contributed by atoms with Crippen LogP contribution in [0.2, 0.25) is 0 Å². The molecule has 1 N–H and O–H groups in total. The first kappa shape index (κ1) is 17.0. The predicted molar refractivity (Wildman–Crippen MR) is 103 cm³/mol. The van der Waals surface area contributed by atoms with Crippen LogP contribution in [-0.2, 0) is 10.0 Å². The Morgan fingerprint density at radius 2 is 1.92 bits per heavy atom. The van der Waals surface area contributed by atoms with Crippen molar-refractivity contribution in [3.05, 3.63) is 67.0 Å². The van der Waals surface area contributed by atoms with Crippen LogP contribution < -0.4 is 4.72 Å². The molecule has 0 atom stereocenters. The molecule has 0 aliphatic heterocycles. The van der Waals surface area contributed by atoms with Gasteiger partial charge in [0.2, 0.25) is 0 Å². The lowest BCUT2D eigenvalue weighted by Gasteiger charge is -2.08. The Bertz CT molecular complexity index is 1170. The van der Waals surface area contributed by atoms with Crippen LogP contribution in [0.5, 0.6) is 0 Å². The number of fused-ring (bicyclic) bond motifs is 2. The molecule has 0 unspecified atom stereocenters. The highest BCUT2D eigenvalue weighted by Gasteiger charge is 2.15. The molecule has 0 bridgehead atoms. The molecular formula is C18H16N4O2S2. The smallest absolute Gasteiger partial charge is 0.258 e. The fourth-order valence-electron chi connectivity index (χ4n) is 2.64. The molecule has 8 heteroatoms. The lowest BCUT2D eigenvalue weighted by molar-refractivity contribution is 0.581. The van der Waals surface area contributed by atoms with Gasteiger partial charge in [-0.05, 0) is 30.3 Å². The van der Waals surface area contributed by atoms with Crippen LogP contribution in [-0.4, -0.2) is 35.1 Å². The molecule has 0 aliphatic carbocycles. The van der Waals surface area contributed by atoms with E-state index in [0.29, 0.717) is 17.8 Å². The molecule has 0 amide bonds. The Kier molecular flexibility index (Phi) is 4.62. The maximum Gasteiger partial charge on any atom is 0.258 e. The third kappa shape index (κ3) is 3.44. The minimum Gasteiger partial charge on any atom is -0.294 e. The minimum atomic E-state index is -3.63. The van der Waals surface area contributed by atoms with E-state index in [4.69, 9.17) is 0 Å². The van der Waals surface area contributed by atoms with Gasteiger partial charge in [0.15, 0.2) is 5.03 Å². The van der Waals surface area contributed by atoms with Crippen LogP contribution in [0.25, 0.3) is 16.6 Å². The van der Waals surface area contributed by atoms with Gasteiger partial charge in [-0.2, -0.15) is 0 Å². The van der Waals surface area contributed by atoms with Crippen molar-refractivity contribution in [2.24, 2.45) is 0 Å². The number of nitrogens with zero attached hydrogens (tertiary/aromatic N) is 3. The van der Waals surface area contributed by atoms with E-state index in [2.05, 4.69) is 14.7 Å². The number of sulfonamides is 1. The second-order valence-corrected chi connectivity index (χ2v) is 8.44. The Balaban J connectivity index is 1.42. The SMILES string of the molecule is O=S(=O)(NCCSc1cccc2nccn12)c1ccc2ccccc2n1. The Labute approximate surface area is 155 Å². The summed E-state index contributed by atoms with van der Waals surface area (Å²) in [5.41, 5.74) is 1.53. The Morgan fingerprint density at radius 1 is 1.04 bits per heavy atom. The van der Waals surface area contributed by atoms with Crippen molar-refractivity contribution >= 4 is 38.3 Å². The lowest BCUT2D eigenvalue weighted by Crippen LogP contribution is -2.26. The topological polar surface area (TPSA) is 76.4 Å². The highest BCUT2D eigenvalue weighted by atomic mass is 32.2. The maximum absolute atomic E-state index is 12.5. The normalized spacial score (nSPS) is 12.0. The van der Waals surface area contributed by atoms with E-state index in [1.165, 1.54) is 6.07 Å². The third-order valence-electron chi connectivity index (χ3n) is 3.88. The number of hydrogen-bond acceptors (Lipinski definition) is 5. The molecule has 1 aromatic carbocycles. The average molecular weight is 384 g/mol. The van der Waals surface area contributed by atoms with E-state index in [1.807, 2.05) is 47.0 Å².